The highest BCUT2D eigenvalue weighted by Gasteiger charge is 2.42. The third-order valence-electron chi connectivity index (χ3n) is 6.44. The average Bonchev–Trinajstić information content (AvgIpc) is 3.19. The summed E-state index contributed by atoms with van der Waals surface area (Å²) in [5, 5.41) is 9.15. The van der Waals surface area contributed by atoms with Gasteiger partial charge in [-0.2, -0.15) is 0 Å². The minimum absolute atomic E-state index is 0.0219. The molecule has 3 amide bonds. The van der Waals surface area contributed by atoms with Crippen molar-refractivity contribution >= 4 is 23.6 Å². The van der Waals surface area contributed by atoms with Crippen LogP contribution in [0.15, 0.2) is 36.2 Å². The van der Waals surface area contributed by atoms with Crippen LogP contribution in [0.4, 0.5) is 14.9 Å². The lowest BCUT2D eigenvalue weighted by molar-refractivity contribution is -0.134. The number of carbonyl (C=O) groups is 3. The van der Waals surface area contributed by atoms with Crippen molar-refractivity contribution in [3.05, 3.63) is 53.2 Å². The zero-order chi connectivity index (χ0) is 23.8. The van der Waals surface area contributed by atoms with Crippen LogP contribution >= 0.6 is 0 Å². The van der Waals surface area contributed by atoms with Crippen LogP contribution in [0.3, 0.4) is 0 Å². The fraction of sp³-hybridized carbons (Fsp3) is 0.435. The van der Waals surface area contributed by atoms with E-state index in [1.807, 2.05) is 0 Å². The molecule has 2 saturated heterocycles. The summed E-state index contributed by atoms with van der Waals surface area (Å²) < 4.78 is 25.4. The second kappa shape index (κ2) is 8.98. The van der Waals surface area contributed by atoms with Crippen molar-refractivity contribution in [1.82, 2.24) is 20.7 Å². The van der Waals surface area contributed by atoms with Gasteiger partial charge in [0.15, 0.2) is 12.8 Å². The lowest BCUT2D eigenvalue weighted by Crippen LogP contribution is -2.61. The van der Waals surface area contributed by atoms with Crippen molar-refractivity contribution < 1.29 is 28.2 Å². The number of aryl methyl sites for hydroxylation is 1. The molecule has 11 heteroatoms. The molecule has 10 nitrogen and oxygen atoms in total. The van der Waals surface area contributed by atoms with Crippen molar-refractivity contribution in [3.8, 4) is 0 Å². The predicted octanol–water partition coefficient (Wildman–Crippen LogP) is 0.788. The van der Waals surface area contributed by atoms with Crippen LogP contribution in [0.1, 0.15) is 17.5 Å². The molecule has 4 aliphatic rings. The number of hydrogen-bond acceptors (Lipinski definition) is 7. The lowest BCUT2D eigenvalue weighted by Gasteiger charge is -2.42. The Kier molecular flexibility index (Phi) is 5.86. The van der Waals surface area contributed by atoms with Gasteiger partial charge in [0.25, 0.3) is 5.91 Å². The third-order valence-corrected chi connectivity index (χ3v) is 6.44. The van der Waals surface area contributed by atoms with Gasteiger partial charge in [-0.1, -0.05) is 6.07 Å². The summed E-state index contributed by atoms with van der Waals surface area (Å²) in [6.45, 7) is 0.934. The first kappa shape index (κ1) is 22.2. The number of carbonyl (C=O) groups excluding carboxylic acids is 3. The maximum absolute atomic E-state index is 14.6. The van der Waals surface area contributed by atoms with Gasteiger partial charge < -0.3 is 25.0 Å². The van der Waals surface area contributed by atoms with E-state index in [0.717, 1.165) is 5.56 Å². The first-order valence-electron chi connectivity index (χ1n) is 11.3. The molecular weight excluding hydrogens is 445 g/mol. The molecule has 2 fully saturated rings. The van der Waals surface area contributed by atoms with Gasteiger partial charge in [-0.3, -0.25) is 14.6 Å². The maximum Gasteiger partial charge on any atom is 0.429 e. The van der Waals surface area contributed by atoms with Crippen molar-refractivity contribution in [2.24, 2.45) is 0 Å². The lowest BCUT2D eigenvalue weighted by atomic mass is 9.95. The SMILES string of the molecule is CN1C(=O)CCc2ccc(F)c(CCNCC3COC(=O)N3N3C=CC=C4OCC(=O)NC43)c21. The number of amides is 3. The number of nitrogens with one attached hydrogen (secondary N) is 2. The summed E-state index contributed by atoms with van der Waals surface area (Å²) in [6, 6.07) is 2.86. The molecule has 2 atom stereocenters. The van der Waals surface area contributed by atoms with E-state index in [9.17, 15) is 18.8 Å². The number of nitrogens with zero attached hydrogens (tertiary/aromatic N) is 3. The molecular formula is C23H26FN5O5. The molecule has 2 unspecified atom stereocenters. The summed E-state index contributed by atoms with van der Waals surface area (Å²) in [6.07, 6.45) is 5.42. The van der Waals surface area contributed by atoms with Crippen LogP contribution in [0.2, 0.25) is 0 Å². The highest BCUT2D eigenvalue weighted by Crippen LogP contribution is 2.32. The first-order valence-corrected chi connectivity index (χ1v) is 11.3. The van der Waals surface area contributed by atoms with Crippen LogP contribution in [-0.2, 0) is 31.9 Å². The Bertz CT molecular complexity index is 1090. The molecule has 0 aromatic heterocycles. The molecule has 2 N–H and O–H groups in total. The predicted molar refractivity (Wildman–Crippen MR) is 119 cm³/mol. The molecule has 1 aromatic carbocycles. The second-order valence-electron chi connectivity index (χ2n) is 8.57. The van der Waals surface area contributed by atoms with Gasteiger partial charge in [0.05, 0.1) is 5.69 Å². The number of cyclic esters (lactones) is 1. The van der Waals surface area contributed by atoms with E-state index in [1.165, 1.54) is 16.0 Å². The monoisotopic (exact) mass is 471 g/mol. The summed E-state index contributed by atoms with van der Waals surface area (Å²) in [5.41, 5.74) is 2.13. The molecule has 180 valence electrons. The molecule has 1 aromatic rings. The minimum atomic E-state index is -0.627. The van der Waals surface area contributed by atoms with Gasteiger partial charge in [-0.15, -0.1) is 0 Å². The van der Waals surface area contributed by atoms with Crippen LogP contribution in [0.5, 0.6) is 0 Å². The number of halogens is 1. The fourth-order valence-corrected chi connectivity index (χ4v) is 4.75. The summed E-state index contributed by atoms with van der Waals surface area (Å²) in [4.78, 5) is 38.0. The Morgan fingerprint density at radius 3 is 2.91 bits per heavy atom. The minimum Gasteiger partial charge on any atom is -0.484 e. The van der Waals surface area contributed by atoms with Crippen LogP contribution in [0.25, 0.3) is 0 Å². The Morgan fingerprint density at radius 1 is 1.21 bits per heavy atom. The Balaban J connectivity index is 1.24. The first-order chi connectivity index (χ1) is 16.4. The topological polar surface area (TPSA) is 103 Å². The van der Waals surface area contributed by atoms with Gasteiger partial charge in [0.2, 0.25) is 5.91 Å². The highest BCUT2D eigenvalue weighted by atomic mass is 19.1. The standard InChI is InChI=1S/C23H26FN5O5/c1-27-20(31)7-5-14-4-6-17(24)16(21(14)27)8-9-25-11-15-12-34-23(32)29(15)28-10-2-3-18-22(28)26-19(30)13-33-18/h2-4,6,10,15,22,25H,5,7-9,11-13H2,1H3,(H,26,30). The molecule has 4 heterocycles. The molecule has 4 aliphatic heterocycles. The summed E-state index contributed by atoms with van der Waals surface area (Å²) in [7, 11) is 1.68. The van der Waals surface area contributed by atoms with Crippen LogP contribution in [-0.4, -0.2) is 73.5 Å². The van der Waals surface area contributed by atoms with E-state index in [0.29, 0.717) is 49.4 Å². The molecule has 0 bridgehead atoms. The maximum atomic E-state index is 14.6. The van der Waals surface area contributed by atoms with Gasteiger partial charge in [0, 0.05) is 31.8 Å². The number of hydrazine groups is 1. The van der Waals surface area contributed by atoms with E-state index < -0.39 is 12.3 Å². The molecule has 0 aliphatic carbocycles. The van der Waals surface area contributed by atoms with Crippen molar-refractivity contribution in [3.63, 3.8) is 0 Å². The summed E-state index contributed by atoms with van der Waals surface area (Å²) in [5.74, 6) is -0.0990. The van der Waals surface area contributed by atoms with E-state index in [4.69, 9.17) is 9.47 Å². The Morgan fingerprint density at radius 2 is 2.06 bits per heavy atom. The number of rotatable bonds is 6. The Labute approximate surface area is 195 Å². The highest BCUT2D eigenvalue weighted by molar-refractivity contribution is 5.96. The molecule has 34 heavy (non-hydrogen) atoms. The van der Waals surface area contributed by atoms with Crippen LogP contribution < -0.4 is 15.5 Å². The quantitative estimate of drug-likeness (QED) is 0.592. The number of morpholine rings is 1. The van der Waals surface area contributed by atoms with Crippen LogP contribution in [0, 0.1) is 5.82 Å². The molecule has 5 rings (SSSR count). The molecule has 0 radical (unpaired) electrons. The van der Waals surface area contributed by atoms with E-state index in [1.54, 1.807) is 36.5 Å². The van der Waals surface area contributed by atoms with Crippen molar-refractivity contribution in [2.75, 3.05) is 38.3 Å². The van der Waals surface area contributed by atoms with E-state index in [-0.39, 0.29) is 36.9 Å². The second-order valence-corrected chi connectivity index (χ2v) is 8.57. The zero-order valence-electron chi connectivity index (χ0n) is 18.8. The fourth-order valence-electron chi connectivity index (χ4n) is 4.75. The zero-order valence-corrected chi connectivity index (χ0v) is 18.8. The Hall–Kier alpha value is -3.60. The van der Waals surface area contributed by atoms with Gasteiger partial charge in [0.1, 0.15) is 24.2 Å². The third kappa shape index (κ3) is 3.96. The van der Waals surface area contributed by atoms with Gasteiger partial charge in [-0.25, -0.2) is 14.2 Å². The number of allylic oxidation sites excluding steroid dienone is 2. The molecule has 0 spiro atoms. The van der Waals surface area contributed by atoms with Gasteiger partial charge >= 0.3 is 6.09 Å². The average molecular weight is 471 g/mol. The number of ether oxygens (including phenoxy) is 2. The number of anilines is 1. The number of fused-ring (bicyclic) bond motifs is 2. The number of hydrogen-bond donors (Lipinski definition) is 2. The van der Waals surface area contributed by atoms with Gasteiger partial charge in [-0.05, 0) is 43.2 Å². The number of benzene rings is 1. The summed E-state index contributed by atoms with van der Waals surface area (Å²) >= 11 is 0. The van der Waals surface area contributed by atoms with E-state index >= 15 is 0 Å². The smallest absolute Gasteiger partial charge is 0.429 e. The normalized spacial score (nSPS) is 23.8. The van der Waals surface area contributed by atoms with Crippen molar-refractivity contribution in [1.29, 1.82) is 0 Å². The van der Waals surface area contributed by atoms with E-state index in [2.05, 4.69) is 10.6 Å². The largest absolute Gasteiger partial charge is 0.484 e. The van der Waals surface area contributed by atoms with Crippen molar-refractivity contribution in [2.45, 2.75) is 31.5 Å². The molecule has 0 saturated carbocycles.